The van der Waals surface area contributed by atoms with Gasteiger partial charge in [0, 0.05) is 37.4 Å². The molecule has 8 nitrogen and oxygen atoms in total. The molecule has 1 aliphatic rings. The minimum Gasteiger partial charge on any atom is -0.488 e. The van der Waals surface area contributed by atoms with E-state index in [0.29, 0.717) is 68.7 Å². The molecule has 0 radical (unpaired) electrons. The Morgan fingerprint density at radius 2 is 1.53 bits per heavy atom. The van der Waals surface area contributed by atoms with Crippen LogP contribution in [0.1, 0.15) is 55.3 Å². The summed E-state index contributed by atoms with van der Waals surface area (Å²) in [5, 5.41) is 3.29. The van der Waals surface area contributed by atoms with Gasteiger partial charge in [0.15, 0.2) is 0 Å². The second-order valence-corrected chi connectivity index (χ2v) is 7.14. The summed E-state index contributed by atoms with van der Waals surface area (Å²) in [6, 6.07) is 10.6. The number of nitrogens with zero attached hydrogens (tertiary/aromatic N) is 1. The van der Waals surface area contributed by atoms with E-state index in [-0.39, 0.29) is 13.2 Å². The van der Waals surface area contributed by atoms with E-state index in [9.17, 15) is 9.59 Å². The Hall–Kier alpha value is -3.10. The van der Waals surface area contributed by atoms with Gasteiger partial charge in [-0.1, -0.05) is 27.7 Å². The molecule has 8 heteroatoms. The smallest absolute Gasteiger partial charge is 0.150 e. The van der Waals surface area contributed by atoms with Crippen LogP contribution in [-0.4, -0.2) is 71.8 Å². The van der Waals surface area contributed by atoms with Crippen LogP contribution in [0.15, 0.2) is 36.4 Å². The van der Waals surface area contributed by atoms with Gasteiger partial charge in [0.2, 0.25) is 0 Å². The highest BCUT2D eigenvalue weighted by molar-refractivity contribution is 5.79. The van der Waals surface area contributed by atoms with Crippen LogP contribution in [0.4, 0.5) is 11.4 Å². The lowest BCUT2D eigenvalue weighted by Crippen LogP contribution is -2.32. The van der Waals surface area contributed by atoms with Crippen molar-refractivity contribution < 1.29 is 28.5 Å². The van der Waals surface area contributed by atoms with Crippen molar-refractivity contribution in [2.75, 3.05) is 69.5 Å². The molecule has 0 unspecified atom stereocenters. The number of hydrogen-bond acceptors (Lipinski definition) is 8. The van der Waals surface area contributed by atoms with Crippen molar-refractivity contribution in [1.82, 2.24) is 0 Å². The summed E-state index contributed by atoms with van der Waals surface area (Å²) in [5.74, 6) is 1.18. The average molecular weight is 503 g/mol. The Kier molecular flexibility index (Phi) is 16.4. The summed E-state index contributed by atoms with van der Waals surface area (Å²) in [6.07, 6.45) is 1.58. The number of rotatable bonds is 6. The first-order valence-corrected chi connectivity index (χ1v) is 12.8. The average Bonchev–Trinajstić information content (AvgIpc) is 2.94. The van der Waals surface area contributed by atoms with Gasteiger partial charge < -0.3 is 29.2 Å². The molecule has 2 aromatic rings. The zero-order chi connectivity index (χ0) is 26.6. The highest BCUT2D eigenvalue weighted by Gasteiger charge is 2.15. The maximum Gasteiger partial charge on any atom is 0.150 e. The number of carbonyl (C=O) groups is 2. The third-order valence-electron chi connectivity index (χ3n) is 4.98. The zero-order valence-corrected chi connectivity index (χ0v) is 22.4. The molecule has 1 aliphatic heterocycles. The lowest BCUT2D eigenvalue weighted by molar-refractivity contribution is 0.111. The van der Waals surface area contributed by atoms with Gasteiger partial charge >= 0.3 is 0 Å². The van der Waals surface area contributed by atoms with E-state index in [1.165, 1.54) is 0 Å². The van der Waals surface area contributed by atoms with Gasteiger partial charge in [-0.25, -0.2) is 0 Å². The van der Waals surface area contributed by atoms with E-state index in [4.69, 9.17) is 18.9 Å². The van der Waals surface area contributed by atoms with Crippen LogP contribution in [0.3, 0.4) is 0 Å². The molecule has 0 aliphatic carbocycles. The first-order chi connectivity index (χ1) is 17.7. The standard InChI is InChI=1S/C24H30N2O6.2C2H6/c1-2-29-11-8-26-9-12-30-10-7-25-21-5-3-19(17-27)15-23(21)31-13-14-32-24-16-20(18-28)4-6-22(24)26;2*1-2/h3-6,15-18,25H,2,7-14H2,1H3;2*1-2H3. The summed E-state index contributed by atoms with van der Waals surface area (Å²) in [6.45, 7) is 14.7. The van der Waals surface area contributed by atoms with Crippen LogP contribution in [0, 0.1) is 0 Å². The molecule has 200 valence electrons. The van der Waals surface area contributed by atoms with Crippen LogP contribution in [0.25, 0.3) is 0 Å². The van der Waals surface area contributed by atoms with Gasteiger partial charge in [-0.05, 0) is 43.3 Å². The van der Waals surface area contributed by atoms with Crippen molar-refractivity contribution in [3.8, 4) is 11.5 Å². The molecular weight excluding hydrogens is 460 g/mol. The molecule has 0 spiro atoms. The van der Waals surface area contributed by atoms with Crippen LogP contribution in [0.2, 0.25) is 0 Å². The number of nitrogens with one attached hydrogen (secondary N) is 1. The largest absolute Gasteiger partial charge is 0.488 e. The summed E-state index contributed by atoms with van der Waals surface area (Å²) in [4.78, 5) is 24.6. The quantitative estimate of drug-likeness (QED) is 0.431. The van der Waals surface area contributed by atoms with E-state index in [1.54, 1.807) is 24.3 Å². The van der Waals surface area contributed by atoms with Gasteiger partial charge in [0.05, 0.1) is 31.2 Å². The minimum absolute atomic E-state index is 0.274. The molecule has 3 rings (SSSR count). The van der Waals surface area contributed by atoms with E-state index >= 15 is 0 Å². The molecule has 0 fully saturated rings. The van der Waals surface area contributed by atoms with E-state index in [1.807, 2.05) is 46.8 Å². The van der Waals surface area contributed by atoms with Crippen molar-refractivity contribution in [2.24, 2.45) is 0 Å². The zero-order valence-electron chi connectivity index (χ0n) is 22.4. The molecule has 0 amide bonds. The maximum absolute atomic E-state index is 11.3. The fraction of sp³-hybridized carbons (Fsp3) is 0.500. The third kappa shape index (κ3) is 10.3. The van der Waals surface area contributed by atoms with Gasteiger partial charge in [-0.2, -0.15) is 0 Å². The second-order valence-electron chi connectivity index (χ2n) is 7.14. The van der Waals surface area contributed by atoms with Crippen LogP contribution >= 0.6 is 0 Å². The Morgan fingerprint density at radius 1 is 0.889 bits per heavy atom. The number of hydrogen-bond donors (Lipinski definition) is 1. The Bertz CT molecular complexity index is 890. The molecule has 1 N–H and O–H groups in total. The van der Waals surface area contributed by atoms with E-state index in [2.05, 4.69) is 10.2 Å². The van der Waals surface area contributed by atoms with Crippen molar-refractivity contribution >= 4 is 23.9 Å². The van der Waals surface area contributed by atoms with E-state index < -0.39 is 0 Å². The van der Waals surface area contributed by atoms with Crippen molar-refractivity contribution in [3.63, 3.8) is 0 Å². The number of fused-ring (bicyclic) bond motifs is 2. The predicted octanol–water partition coefficient (Wildman–Crippen LogP) is 5.11. The molecule has 0 saturated heterocycles. The molecule has 0 saturated carbocycles. The molecular formula is C28H42N2O6. The highest BCUT2D eigenvalue weighted by atomic mass is 16.5. The van der Waals surface area contributed by atoms with Crippen LogP contribution < -0.4 is 19.7 Å². The van der Waals surface area contributed by atoms with Gasteiger partial charge in [-0.15, -0.1) is 0 Å². The van der Waals surface area contributed by atoms with Crippen molar-refractivity contribution in [2.45, 2.75) is 34.6 Å². The number of benzene rings is 2. The molecule has 36 heavy (non-hydrogen) atoms. The summed E-state index contributed by atoms with van der Waals surface area (Å²) in [7, 11) is 0. The fourth-order valence-electron chi connectivity index (χ4n) is 3.37. The normalized spacial score (nSPS) is 13.6. The number of aldehydes is 2. The number of carbonyl (C=O) groups excluding carboxylic acids is 2. The van der Waals surface area contributed by atoms with Gasteiger partial charge in [0.1, 0.15) is 37.3 Å². The third-order valence-corrected chi connectivity index (χ3v) is 4.98. The fourth-order valence-corrected chi connectivity index (χ4v) is 3.37. The van der Waals surface area contributed by atoms with Crippen LogP contribution in [-0.2, 0) is 9.47 Å². The molecule has 1 heterocycles. The van der Waals surface area contributed by atoms with Crippen LogP contribution in [0.5, 0.6) is 11.5 Å². The predicted molar refractivity (Wildman–Crippen MR) is 145 cm³/mol. The Labute approximate surface area is 215 Å². The minimum atomic E-state index is 0.274. The van der Waals surface area contributed by atoms with Crippen molar-refractivity contribution in [3.05, 3.63) is 47.5 Å². The Morgan fingerprint density at radius 3 is 2.19 bits per heavy atom. The molecule has 2 aromatic carbocycles. The number of anilines is 2. The molecule has 0 bridgehead atoms. The molecule has 0 atom stereocenters. The highest BCUT2D eigenvalue weighted by Crippen LogP contribution is 2.30. The molecule has 0 aromatic heterocycles. The maximum atomic E-state index is 11.3. The number of ether oxygens (including phenoxy) is 4. The Balaban J connectivity index is 0.00000154. The topological polar surface area (TPSA) is 86.3 Å². The summed E-state index contributed by atoms with van der Waals surface area (Å²) >= 11 is 0. The monoisotopic (exact) mass is 502 g/mol. The second kappa shape index (κ2) is 19.1. The first-order valence-electron chi connectivity index (χ1n) is 12.8. The van der Waals surface area contributed by atoms with Gasteiger partial charge in [-0.3, -0.25) is 9.59 Å². The van der Waals surface area contributed by atoms with Crippen molar-refractivity contribution in [1.29, 1.82) is 0 Å². The lowest BCUT2D eigenvalue weighted by Gasteiger charge is -2.27. The van der Waals surface area contributed by atoms with E-state index in [0.717, 1.165) is 23.9 Å². The summed E-state index contributed by atoms with van der Waals surface area (Å²) in [5.41, 5.74) is 2.73. The lowest BCUT2D eigenvalue weighted by atomic mass is 10.2. The first kappa shape index (κ1) is 30.9. The van der Waals surface area contributed by atoms with Gasteiger partial charge in [0.25, 0.3) is 0 Å². The SMILES string of the molecule is CC.CC.CCOCCN1CCOCCNc2ccc(C=O)cc2OCCOc2cc(C=O)ccc21. The summed E-state index contributed by atoms with van der Waals surface area (Å²) < 4.78 is 23.3.